The Balaban J connectivity index is 1.54. The van der Waals surface area contributed by atoms with Crippen molar-refractivity contribution in [2.45, 2.75) is 69.5 Å². The maximum absolute atomic E-state index is 10.4. The molecule has 0 aromatic heterocycles. The minimum atomic E-state index is -0.843. The Hall–Kier alpha value is -0.480. The fourth-order valence-corrected chi connectivity index (χ4v) is 5.19. The molecule has 2 fully saturated rings. The van der Waals surface area contributed by atoms with Gasteiger partial charge in [-0.3, -0.25) is 0 Å². The lowest BCUT2D eigenvalue weighted by atomic mass is 9.89. The van der Waals surface area contributed by atoms with Gasteiger partial charge in [0.2, 0.25) is 0 Å². The fourth-order valence-electron chi connectivity index (χ4n) is 3.75. The Labute approximate surface area is 145 Å². The van der Waals surface area contributed by atoms with Crippen molar-refractivity contribution in [2.75, 3.05) is 19.0 Å². The molecular formula is C19H32O3S. The molecule has 2 rings (SSSR count). The van der Waals surface area contributed by atoms with Crippen LogP contribution in [0.2, 0.25) is 0 Å². The van der Waals surface area contributed by atoms with Gasteiger partial charge in [-0.2, -0.15) is 11.8 Å². The van der Waals surface area contributed by atoms with E-state index in [0.29, 0.717) is 0 Å². The zero-order valence-corrected chi connectivity index (χ0v) is 15.1. The van der Waals surface area contributed by atoms with Gasteiger partial charge in [-0.05, 0) is 56.1 Å². The maximum Gasteiger partial charge on any atom is 0.327 e. The largest absolute Gasteiger partial charge is 0.478 e. The second-order valence-corrected chi connectivity index (χ2v) is 8.41. The minimum Gasteiger partial charge on any atom is -0.478 e. The van der Waals surface area contributed by atoms with Gasteiger partial charge >= 0.3 is 5.97 Å². The van der Waals surface area contributed by atoms with Gasteiger partial charge in [0.25, 0.3) is 0 Å². The number of ether oxygens (including phenoxy) is 1. The van der Waals surface area contributed by atoms with Crippen molar-refractivity contribution in [1.82, 2.24) is 0 Å². The average molecular weight is 341 g/mol. The number of allylic oxidation sites excluding steroid dienone is 1. The third-order valence-electron chi connectivity index (χ3n) is 5.18. The summed E-state index contributed by atoms with van der Waals surface area (Å²) in [5, 5.41) is 9.47. The first kappa shape index (κ1) is 18.9. The van der Waals surface area contributed by atoms with Crippen molar-refractivity contribution < 1.29 is 14.6 Å². The van der Waals surface area contributed by atoms with Crippen LogP contribution in [0.3, 0.4) is 0 Å². The quantitative estimate of drug-likeness (QED) is 0.453. The summed E-state index contributed by atoms with van der Waals surface area (Å²) < 4.78 is 5.72. The molecule has 4 heteroatoms. The second-order valence-electron chi connectivity index (χ2n) is 7.00. The van der Waals surface area contributed by atoms with E-state index in [4.69, 9.17) is 9.84 Å². The summed E-state index contributed by atoms with van der Waals surface area (Å²) in [5.74, 6) is 1.94. The number of thioether (sulfide) groups is 1. The average Bonchev–Trinajstić information content (AvgIpc) is 2.99. The molecule has 0 radical (unpaired) electrons. The van der Waals surface area contributed by atoms with Crippen molar-refractivity contribution in [1.29, 1.82) is 0 Å². The Morgan fingerprint density at radius 3 is 2.57 bits per heavy atom. The van der Waals surface area contributed by atoms with Gasteiger partial charge in [-0.25, -0.2) is 4.79 Å². The van der Waals surface area contributed by atoms with E-state index in [1.807, 2.05) is 0 Å². The predicted octanol–water partition coefficient (Wildman–Crippen LogP) is 4.91. The second kappa shape index (κ2) is 11.1. The van der Waals surface area contributed by atoms with Crippen LogP contribution in [0.1, 0.15) is 64.2 Å². The van der Waals surface area contributed by atoms with Crippen molar-refractivity contribution in [3.05, 3.63) is 12.2 Å². The van der Waals surface area contributed by atoms with Crippen LogP contribution in [-0.2, 0) is 9.53 Å². The summed E-state index contributed by atoms with van der Waals surface area (Å²) in [5.41, 5.74) is 0. The number of carboxylic acids is 1. The van der Waals surface area contributed by atoms with Crippen molar-refractivity contribution in [3.8, 4) is 0 Å². The molecule has 1 saturated carbocycles. The van der Waals surface area contributed by atoms with E-state index in [-0.39, 0.29) is 0 Å². The van der Waals surface area contributed by atoms with Gasteiger partial charge in [0.1, 0.15) is 0 Å². The maximum atomic E-state index is 10.4. The number of unbranched alkanes of at least 4 members (excludes halogenated alkanes) is 2. The first-order valence-corrected chi connectivity index (χ1v) is 10.4. The number of hydrogen-bond acceptors (Lipinski definition) is 3. The molecule has 0 amide bonds. The van der Waals surface area contributed by atoms with Gasteiger partial charge < -0.3 is 9.84 Å². The van der Waals surface area contributed by atoms with Crippen molar-refractivity contribution in [2.24, 2.45) is 11.8 Å². The molecule has 0 aromatic rings. The van der Waals surface area contributed by atoms with Crippen LogP contribution in [-0.4, -0.2) is 35.3 Å². The van der Waals surface area contributed by atoms with E-state index in [1.54, 1.807) is 6.08 Å². The summed E-state index contributed by atoms with van der Waals surface area (Å²) in [6, 6.07) is 0. The molecule has 1 heterocycles. The van der Waals surface area contributed by atoms with Gasteiger partial charge in [0.05, 0.1) is 0 Å². The number of rotatable bonds is 10. The van der Waals surface area contributed by atoms with Crippen LogP contribution in [0.4, 0.5) is 0 Å². The monoisotopic (exact) mass is 340 g/mol. The van der Waals surface area contributed by atoms with Crippen molar-refractivity contribution >= 4 is 17.7 Å². The molecule has 23 heavy (non-hydrogen) atoms. The Morgan fingerprint density at radius 1 is 1.09 bits per heavy atom. The molecule has 2 atom stereocenters. The third-order valence-corrected chi connectivity index (χ3v) is 6.60. The highest BCUT2D eigenvalue weighted by Crippen LogP contribution is 2.33. The molecule has 1 aliphatic heterocycles. The molecule has 2 aliphatic rings. The van der Waals surface area contributed by atoms with Gasteiger partial charge in [-0.1, -0.05) is 31.8 Å². The fraction of sp³-hybridized carbons (Fsp3) is 0.842. The smallest absolute Gasteiger partial charge is 0.327 e. The molecule has 1 saturated heterocycles. The zero-order valence-electron chi connectivity index (χ0n) is 14.3. The predicted molar refractivity (Wildman–Crippen MR) is 97.0 cm³/mol. The van der Waals surface area contributed by atoms with E-state index < -0.39 is 5.97 Å². The standard InChI is InChI=1S/C19H32O3S/c20-19(21)11-7-2-1-4-8-16-14-22-15-17(16)12-13-23-18-9-5-3-6-10-18/h7,11,16-18H,1-6,8-10,12-15H2,(H,20,21)/t16-,17+/m0/s1. The van der Waals surface area contributed by atoms with Gasteiger partial charge in [0.15, 0.2) is 0 Å². The molecule has 0 unspecified atom stereocenters. The highest BCUT2D eigenvalue weighted by atomic mass is 32.2. The first-order chi connectivity index (χ1) is 11.3. The number of carbonyl (C=O) groups is 1. The van der Waals surface area contributed by atoms with E-state index in [0.717, 1.165) is 43.1 Å². The first-order valence-electron chi connectivity index (χ1n) is 9.34. The van der Waals surface area contributed by atoms with Crippen LogP contribution in [0, 0.1) is 11.8 Å². The van der Waals surface area contributed by atoms with E-state index in [1.165, 1.54) is 63.2 Å². The lowest BCUT2D eigenvalue weighted by Crippen LogP contribution is -2.15. The summed E-state index contributed by atoms with van der Waals surface area (Å²) in [4.78, 5) is 10.4. The van der Waals surface area contributed by atoms with Gasteiger partial charge in [0, 0.05) is 24.5 Å². The molecule has 1 N–H and O–H groups in total. The topological polar surface area (TPSA) is 46.5 Å². The summed E-state index contributed by atoms with van der Waals surface area (Å²) >= 11 is 2.20. The molecule has 1 aliphatic carbocycles. The Morgan fingerprint density at radius 2 is 1.83 bits per heavy atom. The van der Waals surface area contributed by atoms with Crippen LogP contribution < -0.4 is 0 Å². The molecule has 0 spiro atoms. The highest BCUT2D eigenvalue weighted by Gasteiger charge is 2.27. The SMILES string of the molecule is O=C(O)C=CCCCC[C@H]1COC[C@H]1CCSC1CCCCC1. The molecular weight excluding hydrogens is 308 g/mol. The third kappa shape index (κ3) is 7.75. The van der Waals surface area contributed by atoms with Crippen molar-refractivity contribution in [3.63, 3.8) is 0 Å². The Bertz CT molecular complexity index is 364. The lowest BCUT2D eigenvalue weighted by molar-refractivity contribution is -0.131. The minimum absolute atomic E-state index is 0.727. The summed E-state index contributed by atoms with van der Waals surface area (Å²) in [7, 11) is 0. The van der Waals surface area contributed by atoms with E-state index >= 15 is 0 Å². The normalized spacial score (nSPS) is 26.1. The van der Waals surface area contributed by atoms with Crippen LogP contribution in [0.5, 0.6) is 0 Å². The van der Waals surface area contributed by atoms with Crippen LogP contribution in [0.15, 0.2) is 12.2 Å². The number of aliphatic carboxylic acids is 1. The van der Waals surface area contributed by atoms with Crippen LogP contribution in [0.25, 0.3) is 0 Å². The van der Waals surface area contributed by atoms with E-state index in [9.17, 15) is 4.79 Å². The van der Waals surface area contributed by atoms with Gasteiger partial charge in [-0.15, -0.1) is 0 Å². The lowest BCUT2D eigenvalue weighted by Gasteiger charge is -2.22. The van der Waals surface area contributed by atoms with Crippen LogP contribution >= 0.6 is 11.8 Å². The highest BCUT2D eigenvalue weighted by molar-refractivity contribution is 7.99. The zero-order chi connectivity index (χ0) is 16.3. The summed E-state index contributed by atoms with van der Waals surface area (Å²) in [6.07, 6.45) is 15.9. The summed E-state index contributed by atoms with van der Waals surface area (Å²) in [6.45, 7) is 1.89. The number of carboxylic acid groups (broad SMARTS) is 1. The molecule has 132 valence electrons. The number of hydrogen-bond donors (Lipinski definition) is 1. The van der Waals surface area contributed by atoms with E-state index in [2.05, 4.69) is 11.8 Å². The molecule has 0 bridgehead atoms. The molecule has 0 aromatic carbocycles. The Kier molecular flexibility index (Phi) is 9.13. The molecule has 3 nitrogen and oxygen atoms in total.